The van der Waals surface area contributed by atoms with E-state index in [0.717, 1.165) is 18.7 Å². The van der Waals surface area contributed by atoms with Crippen LogP contribution in [0.1, 0.15) is 27.2 Å². The van der Waals surface area contributed by atoms with Crippen LogP contribution in [0.15, 0.2) is 29.2 Å². The quantitative estimate of drug-likeness (QED) is 0.620. The Morgan fingerprint density at radius 2 is 2.05 bits per heavy atom. The van der Waals surface area contributed by atoms with Crippen LogP contribution in [0.5, 0.6) is 0 Å². The Bertz CT molecular complexity index is 430. The molecule has 0 aliphatic rings. The fraction of sp³-hybridized carbons (Fsp3) is 0.533. The maximum atomic E-state index is 11.4. The van der Waals surface area contributed by atoms with E-state index < -0.39 is 5.60 Å². The van der Waals surface area contributed by atoms with Gasteiger partial charge in [-0.15, -0.1) is 11.8 Å². The van der Waals surface area contributed by atoms with Crippen molar-refractivity contribution in [3.63, 3.8) is 0 Å². The van der Waals surface area contributed by atoms with Crippen molar-refractivity contribution in [2.75, 3.05) is 24.7 Å². The highest BCUT2D eigenvalue weighted by Gasteiger charge is 2.15. The molecule has 1 amide bonds. The summed E-state index contributed by atoms with van der Waals surface area (Å²) in [6.07, 6.45) is 2.55. The second kappa shape index (κ2) is 8.04. The van der Waals surface area contributed by atoms with Gasteiger partial charge in [-0.1, -0.05) is 6.07 Å². The molecule has 0 spiro atoms. The number of benzene rings is 1. The molecule has 0 aliphatic heterocycles. The van der Waals surface area contributed by atoms with E-state index in [0.29, 0.717) is 6.54 Å². The molecule has 5 heteroatoms. The van der Waals surface area contributed by atoms with Gasteiger partial charge in [0.25, 0.3) is 0 Å². The molecule has 0 atom stereocenters. The Balaban J connectivity index is 2.17. The minimum absolute atomic E-state index is 0.359. The summed E-state index contributed by atoms with van der Waals surface area (Å²) in [5.74, 6) is 0. The molecule has 0 saturated carbocycles. The van der Waals surface area contributed by atoms with E-state index >= 15 is 0 Å². The van der Waals surface area contributed by atoms with Gasteiger partial charge in [0.15, 0.2) is 0 Å². The van der Waals surface area contributed by atoms with Crippen LogP contribution < -0.4 is 10.6 Å². The highest BCUT2D eigenvalue weighted by Crippen LogP contribution is 2.18. The van der Waals surface area contributed by atoms with Crippen molar-refractivity contribution in [3.05, 3.63) is 24.3 Å². The average Bonchev–Trinajstić information content (AvgIpc) is 2.36. The van der Waals surface area contributed by atoms with Crippen molar-refractivity contribution in [1.82, 2.24) is 5.32 Å². The van der Waals surface area contributed by atoms with Crippen molar-refractivity contribution < 1.29 is 9.53 Å². The van der Waals surface area contributed by atoms with Gasteiger partial charge in [-0.05, 0) is 51.6 Å². The number of carbonyl (C=O) groups excluding carboxylic acids is 1. The zero-order chi connectivity index (χ0) is 15.0. The molecule has 1 aromatic carbocycles. The van der Waals surface area contributed by atoms with Crippen LogP contribution in [0.25, 0.3) is 0 Å². The van der Waals surface area contributed by atoms with Gasteiger partial charge < -0.3 is 15.4 Å². The summed E-state index contributed by atoms with van der Waals surface area (Å²) in [4.78, 5) is 12.7. The number of amides is 1. The number of rotatable bonds is 6. The van der Waals surface area contributed by atoms with Gasteiger partial charge in [0.2, 0.25) is 0 Å². The standard InChI is InChI=1S/C15H24N2O2S/c1-15(2,3)19-14(18)17-10-6-9-16-12-7-5-8-13(11-12)20-4/h5,7-8,11,16H,6,9-10H2,1-4H3,(H,17,18). The lowest BCUT2D eigenvalue weighted by molar-refractivity contribution is 0.0528. The summed E-state index contributed by atoms with van der Waals surface area (Å²) in [5, 5.41) is 6.08. The Morgan fingerprint density at radius 3 is 2.70 bits per heavy atom. The zero-order valence-electron chi connectivity index (χ0n) is 12.7. The molecular weight excluding hydrogens is 272 g/mol. The van der Waals surface area contributed by atoms with Crippen molar-refractivity contribution in [3.8, 4) is 0 Å². The van der Waals surface area contributed by atoms with Gasteiger partial charge in [0.05, 0.1) is 0 Å². The monoisotopic (exact) mass is 296 g/mol. The molecule has 1 rings (SSSR count). The highest BCUT2D eigenvalue weighted by atomic mass is 32.2. The normalized spacial score (nSPS) is 11.0. The minimum Gasteiger partial charge on any atom is -0.444 e. The Morgan fingerprint density at radius 1 is 1.30 bits per heavy atom. The number of alkyl carbamates (subject to hydrolysis) is 1. The molecule has 4 nitrogen and oxygen atoms in total. The van der Waals surface area contributed by atoms with Crippen molar-refractivity contribution in [2.45, 2.75) is 37.7 Å². The van der Waals surface area contributed by atoms with Gasteiger partial charge in [0, 0.05) is 23.7 Å². The van der Waals surface area contributed by atoms with Gasteiger partial charge in [-0.3, -0.25) is 0 Å². The molecule has 0 fully saturated rings. The first-order valence-corrected chi connectivity index (χ1v) is 7.98. The average molecular weight is 296 g/mol. The van der Waals surface area contributed by atoms with Gasteiger partial charge in [-0.2, -0.15) is 0 Å². The zero-order valence-corrected chi connectivity index (χ0v) is 13.5. The number of carbonyl (C=O) groups is 1. The van der Waals surface area contributed by atoms with Gasteiger partial charge >= 0.3 is 6.09 Å². The summed E-state index contributed by atoms with van der Waals surface area (Å²) in [6.45, 7) is 6.98. The number of thioether (sulfide) groups is 1. The number of hydrogen-bond acceptors (Lipinski definition) is 4. The van der Waals surface area contributed by atoms with E-state index in [4.69, 9.17) is 4.74 Å². The van der Waals surface area contributed by atoms with E-state index in [1.54, 1.807) is 11.8 Å². The van der Waals surface area contributed by atoms with Crippen LogP contribution in [0, 0.1) is 0 Å². The molecule has 1 aromatic rings. The first-order valence-electron chi connectivity index (χ1n) is 6.75. The van der Waals surface area contributed by atoms with Crippen molar-refractivity contribution in [1.29, 1.82) is 0 Å². The van der Waals surface area contributed by atoms with Gasteiger partial charge in [-0.25, -0.2) is 4.79 Å². The van der Waals surface area contributed by atoms with E-state index in [9.17, 15) is 4.79 Å². The van der Waals surface area contributed by atoms with Crippen LogP contribution in [-0.4, -0.2) is 31.0 Å². The van der Waals surface area contributed by atoms with E-state index in [1.807, 2.05) is 32.9 Å². The van der Waals surface area contributed by atoms with Crippen molar-refractivity contribution in [2.24, 2.45) is 0 Å². The topological polar surface area (TPSA) is 50.4 Å². The van der Waals surface area contributed by atoms with Crippen LogP contribution in [0.2, 0.25) is 0 Å². The lowest BCUT2D eigenvalue weighted by Crippen LogP contribution is -2.33. The summed E-state index contributed by atoms with van der Waals surface area (Å²) in [5.41, 5.74) is 0.662. The second-order valence-electron chi connectivity index (χ2n) is 5.44. The number of hydrogen-bond donors (Lipinski definition) is 2. The largest absolute Gasteiger partial charge is 0.444 e. The molecular formula is C15H24N2O2S. The third kappa shape index (κ3) is 7.28. The third-order valence-electron chi connectivity index (χ3n) is 2.42. The van der Waals surface area contributed by atoms with Crippen LogP contribution in [0.3, 0.4) is 0 Å². The maximum Gasteiger partial charge on any atom is 0.407 e. The van der Waals surface area contributed by atoms with E-state index in [1.165, 1.54) is 4.90 Å². The van der Waals surface area contributed by atoms with Crippen LogP contribution in [0.4, 0.5) is 10.5 Å². The summed E-state index contributed by atoms with van der Waals surface area (Å²) in [7, 11) is 0. The minimum atomic E-state index is -0.444. The molecule has 0 saturated heterocycles. The molecule has 0 bridgehead atoms. The Hall–Kier alpha value is -1.36. The lowest BCUT2D eigenvalue weighted by atomic mass is 10.2. The first kappa shape index (κ1) is 16.7. The Kier molecular flexibility index (Phi) is 6.71. The smallest absolute Gasteiger partial charge is 0.407 e. The molecule has 2 N–H and O–H groups in total. The molecule has 0 aliphatic carbocycles. The molecule has 20 heavy (non-hydrogen) atoms. The maximum absolute atomic E-state index is 11.4. The SMILES string of the molecule is CSc1cccc(NCCCNC(=O)OC(C)(C)C)c1. The van der Waals surface area contributed by atoms with Gasteiger partial charge in [0.1, 0.15) is 5.60 Å². The fourth-order valence-electron chi connectivity index (χ4n) is 1.56. The molecule has 0 aromatic heterocycles. The number of anilines is 1. The fourth-order valence-corrected chi connectivity index (χ4v) is 2.02. The van der Waals surface area contributed by atoms with E-state index in [2.05, 4.69) is 29.0 Å². The van der Waals surface area contributed by atoms with E-state index in [-0.39, 0.29) is 6.09 Å². The third-order valence-corrected chi connectivity index (χ3v) is 3.15. The summed E-state index contributed by atoms with van der Waals surface area (Å²) >= 11 is 1.72. The highest BCUT2D eigenvalue weighted by molar-refractivity contribution is 7.98. The first-order chi connectivity index (χ1) is 9.40. The predicted octanol–water partition coefficient (Wildman–Crippen LogP) is 3.74. The summed E-state index contributed by atoms with van der Waals surface area (Å²) in [6, 6.07) is 8.28. The van der Waals surface area contributed by atoms with Crippen molar-refractivity contribution >= 4 is 23.5 Å². The lowest BCUT2D eigenvalue weighted by Gasteiger charge is -2.19. The number of ether oxygens (including phenoxy) is 1. The second-order valence-corrected chi connectivity index (χ2v) is 6.32. The predicted molar refractivity (Wildman–Crippen MR) is 85.6 cm³/mol. The Labute approximate surface area is 125 Å². The molecule has 0 heterocycles. The van der Waals surface area contributed by atoms with Crippen LogP contribution >= 0.6 is 11.8 Å². The molecule has 0 unspecified atom stereocenters. The number of nitrogens with one attached hydrogen (secondary N) is 2. The molecule has 0 radical (unpaired) electrons. The summed E-state index contributed by atoms with van der Waals surface area (Å²) < 4.78 is 5.16. The van der Waals surface area contributed by atoms with Crippen LogP contribution in [-0.2, 0) is 4.74 Å². The molecule has 112 valence electrons.